The Bertz CT molecular complexity index is 783. The molecule has 1 aromatic heterocycles. The van der Waals surface area contributed by atoms with Crippen LogP contribution in [0.5, 0.6) is 5.75 Å². The van der Waals surface area contributed by atoms with Crippen molar-refractivity contribution in [1.82, 2.24) is 15.1 Å². The number of urea groups is 1. The molecule has 0 saturated heterocycles. The third-order valence-corrected chi connectivity index (χ3v) is 3.85. The summed E-state index contributed by atoms with van der Waals surface area (Å²) in [5.41, 5.74) is 1.38. The Labute approximate surface area is 139 Å². The summed E-state index contributed by atoms with van der Waals surface area (Å²) in [6, 6.07) is 10.1. The maximum absolute atomic E-state index is 12.0. The van der Waals surface area contributed by atoms with Gasteiger partial charge in [-0.1, -0.05) is 12.1 Å². The number of anilines is 1. The molecule has 1 aliphatic rings. The number of hydrogen-bond acceptors (Lipinski definition) is 4. The van der Waals surface area contributed by atoms with Crippen molar-refractivity contribution in [2.75, 3.05) is 19.0 Å². The molecule has 24 heavy (non-hydrogen) atoms. The van der Waals surface area contributed by atoms with Crippen molar-refractivity contribution in [3.8, 4) is 5.75 Å². The van der Waals surface area contributed by atoms with E-state index >= 15 is 0 Å². The van der Waals surface area contributed by atoms with Gasteiger partial charge in [0.15, 0.2) is 0 Å². The lowest BCUT2D eigenvalue weighted by atomic mass is 10.3. The Morgan fingerprint density at radius 1 is 1.29 bits per heavy atom. The molecule has 3 rings (SSSR count). The summed E-state index contributed by atoms with van der Waals surface area (Å²) in [6.45, 7) is 0.640. The minimum Gasteiger partial charge on any atom is -0.495 e. The Hall–Kier alpha value is -2.83. The minimum atomic E-state index is -0.356. The van der Waals surface area contributed by atoms with Crippen molar-refractivity contribution in [3.05, 3.63) is 52.4 Å². The fourth-order valence-corrected chi connectivity index (χ4v) is 2.41. The molecule has 1 aromatic carbocycles. The molecule has 1 saturated carbocycles. The topological polar surface area (TPSA) is 85.2 Å². The number of carbonyl (C=O) groups is 1. The van der Waals surface area contributed by atoms with E-state index in [-0.39, 0.29) is 11.6 Å². The highest BCUT2D eigenvalue weighted by Crippen LogP contribution is 2.38. The first-order valence-electron chi connectivity index (χ1n) is 7.93. The van der Waals surface area contributed by atoms with Gasteiger partial charge in [-0.15, -0.1) is 0 Å². The van der Waals surface area contributed by atoms with Gasteiger partial charge in [-0.3, -0.25) is 4.79 Å². The monoisotopic (exact) mass is 328 g/mol. The first-order valence-corrected chi connectivity index (χ1v) is 7.93. The highest BCUT2D eigenvalue weighted by atomic mass is 16.5. The van der Waals surface area contributed by atoms with Gasteiger partial charge in [0.25, 0.3) is 5.56 Å². The summed E-state index contributed by atoms with van der Waals surface area (Å²) < 4.78 is 6.58. The third kappa shape index (κ3) is 3.92. The highest BCUT2D eigenvalue weighted by molar-refractivity contribution is 5.90. The fraction of sp³-hybridized carbons (Fsp3) is 0.353. The molecule has 1 aliphatic carbocycles. The molecule has 126 valence electrons. The molecular formula is C17H20N4O3. The van der Waals surface area contributed by atoms with Crippen LogP contribution in [0.4, 0.5) is 10.5 Å². The third-order valence-electron chi connectivity index (χ3n) is 3.85. The summed E-state index contributed by atoms with van der Waals surface area (Å²) in [4.78, 5) is 23.8. The second kappa shape index (κ2) is 7.16. The number of nitrogens with zero attached hydrogens (tertiary/aromatic N) is 2. The Morgan fingerprint density at radius 3 is 2.83 bits per heavy atom. The maximum atomic E-state index is 12.0. The normalized spacial score (nSPS) is 13.4. The predicted octanol–water partition coefficient (Wildman–Crippen LogP) is 1.95. The molecule has 0 unspecified atom stereocenters. The van der Waals surface area contributed by atoms with Crippen LogP contribution >= 0.6 is 0 Å². The Balaban J connectivity index is 1.53. The average molecular weight is 328 g/mol. The van der Waals surface area contributed by atoms with E-state index in [0.717, 1.165) is 18.5 Å². The summed E-state index contributed by atoms with van der Waals surface area (Å²) in [6.07, 6.45) is 2.26. The second-order valence-electron chi connectivity index (χ2n) is 5.68. The van der Waals surface area contributed by atoms with Gasteiger partial charge in [-0.25, -0.2) is 9.48 Å². The Morgan fingerprint density at radius 2 is 2.08 bits per heavy atom. The summed E-state index contributed by atoms with van der Waals surface area (Å²) in [7, 11) is 1.54. The van der Waals surface area contributed by atoms with E-state index < -0.39 is 0 Å². The largest absolute Gasteiger partial charge is 0.495 e. The number of aromatic nitrogens is 2. The lowest BCUT2D eigenvalue weighted by molar-refractivity contribution is 0.251. The number of ether oxygens (including phenoxy) is 1. The number of para-hydroxylation sites is 2. The van der Waals surface area contributed by atoms with Gasteiger partial charge in [-0.2, -0.15) is 5.10 Å². The lowest BCUT2D eigenvalue weighted by Crippen LogP contribution is -2.34. The molecule has 0 bridgehead atoms. The molecule has 0 atom stereocenters. The van der Waals surface area contributed by atoms with E-state index in [2.05, 4.69) is 15.7 Å². The van der Waals surface area contributed by atoms with Gasteiger partial charge in [-0.05, 0) is 31.0 Å². The molecule has 7 heteroatoms. The van der Waals surface area contributed by atoms with E-state index in [4.69, 9.17) is 4.74 Å². The molecular weight excluding hydrogens is 308 g/mol. The Kier molecular flexibility index (Phi) is 4.79. The van der Waals surface area contributed by atoms with Crippen LogP contribution in [0, 0.1) is 0 Å². The molecule has 1 fully saturated rings. The number of nitrogens with one attached hydrogen (secondary N) is 2. The van der Waals surface area contributed by atoms with Crippen molar-refractivity contribution in [2.24, 2.45) is 0 Å². The van der Waals surface area contributed by atoms with Crippen molar-refractivity contribution in [3.63, 3.8) is 0 Å². The van der Waals surface area contributed by atoms with Crippen molar-refractivity contribution >= 4 is 11.7 Å². The minimum absolute atomic E-state index is 0.161. The van der Waals surface area contributed by atoms with Gasteiger partial charge in [0.2, 0.25) is 0 Å². The zero-order chi connectivity index (χ0) is 16.9. The van der Waals surface area contributed by atoms with Gasteiger partial charge in [0.1, 0.15) is 5.75 Å². The molecule has 0 aliphatic heterocycles. The van der Waals surface area contributed by atoms with E-state index in [1.807, 2.05) is 12.1 Å². The zero-order valence-electron chi connectivity index (χ0n) is 13.5. The smallest absolute Gasteiger partial charge is 0.319 e. The maximum Gasteiger partial charge on any atom is 0.319 e. The van der Waals surface area contributed by atoms with Gasteiger partial charge in [0, 0.05) is 18.5 Å². The van der Waals surface area contributed by atoms with E-state index in [1.54, 1.807) is 25.3 Å². The molecule has 1 heterocycles. The number of amides is 2. The van der Waals surface area contributed by atoms with Gasteiger partial charge < -0.3 is 15.4 Å². The number of benzene rings is 1. The molecule has 0 radical (unpaired) electrons. The van der Waals surface area contributed by atoms with Crippen LogP contribution in [-0.2, 0) is 6.54 Å². The van der Waals surface area contributed by atoms with Crippen LogP contribution < -0.4 is 20.9 Å². The van der Waals surface area contributed by atoms with Crippen LogP contribution in [-0.4, -0.2) is 29.5 Å². The number of methoxy groups -OCH3 is 1. The average Bonchev–Trinajstić information content (AvgIpc) is 3.42. The molecule has 2 aromatic rings. The summed E-state index contributed by atoms with van der Waals surface area (Å²) in [5.74, 6) is 1.07. The van der Waals surface area contributed by atoms with Crippen LogP contribution in [0.15, 0.2) is 41.2 Å². The van der Waals surface area contributed by atoms with E-state index in [1.165, 1.54) is 10.7 Å². The van der Waals surface area contributed by atoms with Gasteiger partial charge in [0.05, 0.1) is 25.0 Å². The van der Waals surface area contributed by atoms with Crippen LogP contribution in [0.25, 0.3) is 0 Å². The van der Waals surface area contributed by atoms with Crippen molar-refractivity contribution in [2.45, 2.75) is 25.3 Å². The number of hydrogen-bond donors (Lipinski definition) is 2. The molecule has 2 amide bonds. The summed E-state index contributed by atoms with van der Waals surface area (Å²) >= 11 is 0. The molecule has 0 spiro atoms. The quantitative estimate of drug-likeness (QED) is 0.849. The SMILES string of the molecule is COc1ccccc1NC(=O)NCCn1nc(C2CC2)ccc1=O. The first kappa shape index (κ1) is 16.0. The first-order chi connectivity index (χ1) is 11.7. The predicted molar refractivity (Wildman–Crippen MR) is 90.5 cm³/mol. The summed E-state index contributed by atoms with van der Waals surface area (Å²) in [5, 5.41) is 9.79. The fourth-order valence-electron chi connectivity index (χ4n) is 2.41. The van der Waals surface area contributed by atoms with E-state index in [0.29, 0.717) is 30.4 Å². The second-order valence-corrected chi connectivity index (χ2v) is 5.68. The zero-order valence-corrected chi connectivity index (χ0v) is 13.5. The van der Waals surface area contributed by atoms with Gasteiger partial charge >= 0.3 is 6.03 Å². The van der Waals surface area contributed by atoms with E-state index in [9.17, 15) is 9.59 Å². The number of rotatable bonds is 6. The van der Waals surface area contributed by atoms with Crippen molar-refractivity contribution < 1.29 is 9.53 Å². The standard InChI is InChI=1S/C17H20N4O3/c1-24-15-5-3-2-4-14(15)19-17(23)18-10-11-21-16(22)9-8-13(20-21)12-6-7-12/h2-5,8-9,12H,6-7,10-11H2,1H3,(H2,18,19,23). The number of carbonyl (C=O) groups excluding carboxylic acids is 1. The lowest BCUT2D eigenvalue weighted by Gasteiger charge is -2.11. The van der Waals surface area contributed by atoms with Crippen molar-refractivity contribution in [1.29, 1.82) is 0 Å². The van der Waals surface area contributed by atoms with Crippen LogP contribution in [0.3, 0.4) is 0 Å². The van der Waals surface area contributed by atoms with Crippen LogP contribution in [0.2, 0.25) is 0 Å². The highest BCUT2D eigenvalue weighted by Gasteiger charge is 2.25. The van der Waals surface area contributed by atoms with Crippen LogP contribution in [0.1, 0.15) is 24.5 Å². The molecule has 2 N–H and O–H groups in total. The molecule has 7 nitrogen and oxygen atoms in total.